The first-order valence-electron chi connectivity index (χ1n) is 11.0. The Bertz CT molecular complexity index is 1070. The van der Waals surface area contributed by atoms with Crippen molar-refractivity contribution in [1.82, 2.24) is 35.7 Å². The fraction of sp³-hybridized carbons (Fsp3) is 0.391. The summed E-state index contributed by atoms with van der Waals surface area (Å²) in [4.78, 5) is 32.2. The highest BCUT2D eigenvalue weighted by molar-refractivity contribution is 5.90. The van der Waals surface area contributed by atoms with Crippen molar-refractivity contribution in [1.29, 1.82) is 0 Å². The smallest absolute Gasteiger partial charge is 0.407 e. The standard InChI is InChI=1S/C23H28N8O3/c1-23(2,3)27-22(33)34-14-8-4-5-10-19(32)26-16-11-12-18(25-15-16)21-30-28-20(29-31-21)17-9-6-7-13-24-17/h6-7,9,11-13,15H,4-5,8,10,14H2,1-3H3,(H,26,32)(H,27,33). The lowest BCUT2D eigenvalue weighted by Gasteiger charge is -2.19. The number of nitrogens with one attached hydrogen (secondary N) is 2. The maximum Gasteiger partial charge on any atom is 0.407 e. The Morgan fingerprint density at radius 2 is 1.59 bits per heavy atom. The van der Waals surface area contributed by atoms with Crippen molar-refractivity contribution in [3.8, 4) is 23.0 Å². The number of aromatic nitrogens is 6. The van der Waals surface area contributed by atoms with Crippen LogP contribution < -0.4 is 10.6 Å². The Kier molecular flexibility index (Phi) is 8.49. The first kappa shape index (κ1) is 24.6. The Morgan fingerprint density at radius 3 is 2.18 bits per heavy atom. The van der Waals surface area contributed by atoms with Crippen molar-refractivity contribution in [2.24, 2.45) is 0 Å². The van der Waals surface area contributed by atoms with Crippen LogP contribution in [0.4, 0.5) is 10.5 Å². The van der Waals surface area contributed by atoms with E-state index in [1.54, 1.807) is 30.5 Å². The minimum absolute atomic E-state index is 0.111. The molecule has 0 unspecified atom stereocenters. The maximum atomic E-state index is 12.2. The van der Waals surface area contributed by atoms with E-state index in [9.17, 15) is 9.59 Å². The van der Waals surface area contributed by atoms with E-state index in [4.69, 9.17) is 4.74 Å². The van der Waals surface area contributed by atoms with E-state index in [1.165, 1.54) is 6.20 Å². The SMILES string of the molecule is CC(C)(C)NC(=O)OCCCCCC(=O)Nc1ccc(-c2nnc(-c3ccccn3)nn2)nc1. The molecule has 0 spiro atoms. The van der Waals surface area contributed by atoms with Crippen LogP contribution in [-0.2, 0) is 9.53 Å². The molecule has 0 bridgehead atoms. The normalized spacial score (nSPS) is 11.0. The van der Waals surface area contributed by atoms with Gasteiger partial charge in [0.1, 0.15) is 11.4 Å². The van der Waals surface area contributed by atoms with Crippen molar-refractivity contribution in [2.45, 2.75) is 52.0 Å². The molecule has 2 amide bonds. The molecule has 3 heterocycles. The van der Waals surface area contributed by atoms with Gasteiger partial charge in [-0.25, -0.2) is 4.79 Å². The zero-order valence-electron chi connectivity index (χ0n) is 19.5. The Balaban J connectivity index is 1.38. The number of amides is 2. The molecule has 11 heteroatoms. The molecule has 0 aliphatic heterocycles. The van der Waals surface area contributed by atoms with Gasteiger partial charge in [-0.05, 0) is 64.3 Å². The molecule has 0 aliphatic rings. The van der Waals surface area contributed by atoms with Crippen molar-refractivity contribution in [3.05, 3.63) is 42.7 Å². The lowest BCUT2D eigenvalue weighted by Crippen LogP contribution is -2.41. The minimum atomic E-state index is -0.428. The average molecular weight is 465 g/mol. The van der Waals surface area contributed by atoms with Crippen LogP contribution in [0.15, 0.2) is 42.7 Å². The van der Waals surface area contributed by atoms with E-state index < -0.39 is 6.09 Å². The van der Waals surface area contributed by atoms with Crippen molar-refractivity contribution < 1.29 is 14.3 Å². The van der Waals surface area contributed by atoms with E-state index in [2.05, 4.69) is 41.0 Å². The molecule has 0 fully saturated rings. The van der Waals surface area contributed by atoms with Gasteiger partial charge in [0.05, 0.1) is 18.5 Å². The number of anilines is 1. The molecule has 0 aliphatic carbocycles. The number of hydrogen-bond donors (Lipinski definition) is 2. The van der Waals surface area contributed by atoms with Gasteiger partial charge in [-0.1, -0.05) is 6.07 Å². The molecule has 11 nitrogen and oxygen atoms in total. The molecule has 0 radical (unpaired) electrons. The quantitative estimate of drug-likeness (QED) is 0.455. The number of nitrogens with zero attached hydrogens (tertiary/aromatic N) is 6. The third kappa shape index (κ3) is 8.15. The molecule has 0 saturated carbocycles. The van der Waals surface area contributed by atoms with E-state index in [0.717, 1.165) is 6.42 Å². The van der Waals surface area contributed by atoms with E-state index in [-0.39, 0.29) is 17.3 Å². The molecule has 0 atom stereocenters. The van der Waals surface area contributed by atoms with Gasteiger partial charge in [-0.2, -0.15) is 0 Å². The number of ether oxygens (including phenoxy) is 1. The Morgan fingerprint density at radius 1 is 0.882 bits per heavy atom. The fourth-order valence-electron chi connectivity index (χ4n) is 2.82. The lowest BCUT2D eigenvalue weighted by atomic mass is 10.1. The number of carbonyl (C=O) groups excluding carboxylic acids is 2. The Labute approximate surface area is 197 Å². The summed E-state index contributed by atoms with van der Waals surface area (Å²) in [7, 11) is 0. The molecular weight excluding hydrogens is 436 g/mol. The number of alkyl carbamates (subject to hydrolysis) is 1. The van der Waals surface area contributed by atoms with Crippen LogP contribution in [0.5, 0.6) is 0 Å². The number of unbranched alkanes of at least 4 members (excludes halogenated alkanes) is 2. The highest BCUT2D eigenvalue weighted by atomic mass is 16.5. The van der Waals surface area contributed by atoms with Gasteiger partial charge >= 0.3 is 6.09 Å². The van der Waals surface area contributed by atoms with Crippen LogP contribution >= 0.6 is 0 Å². The second-order valence-electron chi connectivity index (χ2n) is 8.56. The van der Waals surface area contributed by atoms with Gasteiger partial charge in [0.15, 0.2) is 0 Å². The molecule has 3 rings (SSSR count). The van der Waals surface area contributed by atoms with E-state index in [0.29, 0.717) is 48.8 Å². The zero-order chi connectivity index (χ0) is 24.4. The van der Waals surface area contributed by atoms with Crippen LogP contribution in [0.2, 0.25) is 0 Å². The largest absolute Gasteiger partial charge is 0.450 e. The molecule has 3 aromatic heterocycles. The van der Waals surface area contributed by atoms with Crippen LogP contribution in [-0.4, -0.2) is 54.5 Å². The van der Waals surface area contributed by atoms with Crippen LogP contribution in [0.1, 0.15) is 46.5 Å². The number of pyridine rings is 2. The van der Waals surface area contributed by atoms with Gasteiger partial charge in [0.25, 0.3) is 0 Å². The van der Waals surface area contributed by atoms with Gasteiger partial charge in [-0.3, -0.25) is 14.8 Å². The summed E-state index contributed by atoms with van der Waals surface area (Å²) >= 11 is 0. The summed E-state index contributed by atoms with van der Waals surface area (Å²) in [5.74, 6) is 0.490. The predicted molar refractivity (Wildman–Crippen MR) is 125 cm³/mol. The summed E-state index contributed by atoms with van der Waals surface area (Å²) in [6.07, 6.45) is 5.27. The van der Waals surface area contributed by atoms with Crippen molar-refractivity contribution in [2.75, 3.05) is 11.9 Å². The average Bonchev–Trinajstić information content (AvgIpc) is 2.81. The van der Waals surface area contributed by atoms with E-state index in [1.807, 2.05) is 26.8 Å². The summed E-state index contributed by atoms with van der Waals surface area (Å²) in [6, 6.07) is 8.81. The summed E-state index contributed by atoms with van der Waals surface area (Å²) in [5.41, 5.74) is 1.31. The second-order valence-corrected chi connectivity index (χ2v) is 8.56. The van der Waals surface area contributed by atoms with Crippen LogP contribution in [0.3, 0.4) is 0 Å². The number of carbonyl (C=O) groups is 2. The van der Waals surface area contributed by atoms with E-state index >= 15 is 0 Å². The highest BCUT2D eigenvalue weighted by Crippen LogP contribution is 2.15. The topological polar surface area (TPSA) is 145 Å². The first-order chi connectivity index (χ1) is 16.3. The summed E-state index contributed by atoms with van der Waals surface area (Å²) in [5, 5.41) is 21.8. The van der Waals surface area contributed by atoms with Crippen LogP contribution in [0.25, 0.3) is 23.0 Å². The minimum Gasteiger partial charge on any atom is -0.450 e. The van der Waals surface area contributed by atoms with Gasteiger partial charge < -0.3 is 15.4 Å². The highest BCUT2D eigenvalue weighted by Gasteiger charge is 2.14. The van der Waals surface area contributed by atoms with Crippen molar-refractivity contribution >= 4 is 17.7 Å². The van der Waals surface area contributed by atoms with Gasteiger partial charge in [0.2, 0.25) is 17.6 Å². The third-order valence-corrected chi connectivity index (χ3v) is 4.41. The lowest BCUT2D eigenvalue weighted by molar-refractivity contribution is -0.116. The Hall–Kier alpha value is -4.02. The third-order valence-electron chi connectivity index (χ3n) is 4.41. The first-order valence-corrected chi connectivity index (χ1v) is 11.0. The fourth-order valence-corrected chi connectivity index (χ4v) is 2.82. The number of rotatable bonds is 9. The molecule has 0 saturated heterocycles. The molecule has 34 heavy (non-hydrogen) atoms. The second kappa shape index (κ2) is 11.7. The molecule has 2 N–H and O–H groups in total. The monoisotopic (exact) mass is 464 g/mol. The molecule has 178 valence electrons. The molecular formula is C23H28N8O3. The summed E-state index contributed by atoms with van der Waals surface area (Å²) in [6.45, 7) is 5.99. The summed E-state index contributed by atoms with van der Waals surface area (Å²) < 4.78 is 5.12. The van der Waals surface area contributed by atoms with Gasteiger partial charge in [0, 0.05) is 18.2 Å². The molecule has 3 aromatic rings. The number of hydrogen-bond acceptors (Lipinski definition) is 9. The zero-order valence-corrected chi connectivity index (χ0v) is 19.5. The van der Waals surface area contributed by atoms with Crippen LogP contribution in [0, 0.1) is 0 Å². The predicted octanol–water partition coefficient (Wildman–Crippen LogP) is 3.41. The molecule has 0 aromatic carbocycles. The van der Waals surface area contributed by atoms with Crippen molar-refractivity contribution in [3.63, 3.8) is 0 Å². The van der Waals surface area contributed by atoms with Gasteiger partial charge in [-0.15, -0.1) is 20.4 Å². The maximum absolute atomic E-state index is 12.2.